The van der Waals surface area contributed by atoms with Gasteiger partial charge in [0.15, 0.2) is 11.5 Å². The van der Waals surface area contributed by atoms with Crippen LogP contribution < -0.4 is 118 Å². The molecule has 0 spiro atoms. The van der Waals surface area contributed by atoms with Crippen molar-refractivity contribution in [3.63, 3.8) is 0 Å². The first-order valence-electron chi connectivity index (χ1n) is 10.7. The summed E-state index contributed by atoms with van der Waals surface area (Å²) in [6.45, 7) is -0.181. The Hall–Kier alpha value is -2.39. The first kappa shape index (κ1) is 40.8. The minimum atomic E-state index is -1.00. The van der Waals surface area contributed by atoms with Crippen LogP contribution in [0.25, 0.3) is 0 Å². The number of nitro benzene ring substituents is 1. The Bertz CT molecular complexity index is 1320. The van der Waals surface area contributed by atoms with E-state index in [1.54, 1.807) is 49.1 Å². The molecule has 1 aliphatic rings. The predicted molar refractivity (Wildman–Crippen MR) is 132 cm³/mol. The molecule has 2 aromatic heterocycles. The maximum absolute atomic E-state index is 12.1. The van der Waals surface area contributed by atoms with Crippen molar-refractivity contribution in [2.75, 3.05) is 7.15 Å². The van der Waals surface area contributed by atoms with Gasteiger partial charge in [0, 0.05) is 49.1 Å². The van der Waals surface area contributed by atoms with Crippen molar-refractivity contribution in [1.82, 2.24) is 9.97 Å². The third-order valence-electron chi connectivity index (χ3n) is 3.63. The SMILES string of the molecule is O=CO[O-].O=[N+]([O-])C1=C[C+]=C(F)C=C1.O=[N+]([O-])c1ccc(Oc2ccncc2)cc1.O=c1cc[nH]cc1.[2H]CF.[H-].[K+].[K+]. The van der Waals surface area contributed by atoms with E-state index in [0.29, 0.717) is 11.5 Å². The van der Waals surface area contributed by atoms with Crippen LogP contribution in [0.4, 0.5) is 14.5 Å². The van der Waals surface area contributed by atoms with Crippen molar-refractivity contribution >= 4 is 12.2 Å². The standard InChI is InChI=1S/C11H8N2O3.C6H3FNO2.C5H5NO.CH3F.CH2O3.2K.H/c14-13(15)9-1-3-10(4-2-9)16-11-5-7-12-8-6-11;7-5-1-3-6(4-2-5)8(9)10;7-5-1-3-6-4-2-5;1-2;2-1-4-3;;;/h1-8H;1,3-4H;1-4H,(H,6,7);1H3;1,3H;;;/q;+1;;;;2*+1;-1/p-1/i;;;1D;;;;. The summed E-state index contributed by atoms with van der Waals surface area (Å²) in [6, 6.07) is 12.3. The number of nitro groups is 2. The minimum Gasteiger partial charge on any atom is -1.00 e. The quantitative estimate of drug-likeness (QED) is 0.0803. The average molecular weight is 627 g/mol. The van der Waals surface area contributed by atoms with E-state index < -0.39 is 22.8 Å². The molecule has 0 saturated heterocycles. The molecule has 17 heteroatoms. The zero-order valence-corrected chi connectivity index (χ0v) is 28.0. The van der Waals surface area contributed by atoms with Crippen LogP contribution in [0, 0.1) is 26.3 Å². The molecule has 0 fully saturated rings. The monoisotopic (exact) mass is 626 g/mol. The zero-order chi connectivity index (χ0) is 30.2. The summed E-state index contributed by atoms with van der Waals surface area (Å²) in [4.78, 5) is 47.4. The van der Waals surface area contributed by atoms with Crippen LogP contribution in [0.2, 0.25) is 0 Å². The molecule has 206 valence electrons. The number of nitrogens with one attached hydrogen (secondary N) is 1. The van der Waals surface area contributed by atoms with Crippen molar-refractivity contribution in [2.24, 2.45) is 0 Å². The number of pyridine rings is 2. The van der Waals surface area contributed by atoms with Crippen LogP contribution in [0.5, 0.6) is 11.5 Å². The topological polar surface area (TPSA) is 191 Å². The van der Waals surface area contributed by atoms with Gasteiger partial charge in [0.05, 0.1) is 25.6 Å². The van der Waals surface area contributed by atoms with Crippen LogP contribution in [-0.2, 0) is 9.68 Å². The van der Waals surface area contributed by atoms with E-state index in [4.69, 9.17) is 16.2 Å². The van der Waals surface area contributed by atoms with Crippen molar-refractivity contribution in [2.45, 2.75) is 0 Å². The van der Waals surface area contributed by atoms with E-state index in [0.717, 1.165) is 18.2 Å². The Morgan fingerprint density at radius 2 is 1.51 bits per heavy atom. The van der Waals surface area contributed by atoms with E-state index in [-0.39, 0.29) is 127 Å². The minimum absolute atomic E-state index is 0. The summed E-state index contributed by atoms with van der Waals surface area (Å²) in [6.07, 6.45) is 11.6. The van der Waals surface area contributed by atoms with Crippen LogP contribution in [-0.4, -0.2) is 33.4 Å². The molecule has 2 heterocycles. The van der Waals surface area contributed by atoms with Gasteiger partial charge in [-0.2, -0.15) is 4.39 Å². The smallest absolute Gasteiger partial charge is 1.00 e. The molecular formula is C24H21F2K2N4O9+. The number of aromatic amines is 1. The third kappa shape index (κ3) is 22.0. The van der Waals surface area contributed by atoms with Gasteiger partial charge in [0.2, 0.25) is 0 Å². The van der Waals surface area contributed by atoms with E-state index in [1.807, 2.05) is 0 Å². The van der Waals surface area contributed by atoms with Gasteiger partial charge in [-0.15, -0.1) is 0 Å². The average Bonchev–Trinajstić information content (AvgIpc) is 2.96. The molecule has 0 radical (unpaired) electrons. The van der Waals surface area contributed by atoms with Gasteiger partial charge in [0.25, 0.3) is 18.0 Å². The predicted octanol–water partition coefficient (Wildman–Crippen LogP) is -2.33. The Morgan fingerprint density at radius 1 is 1.00 bits per heavy atom. The molecule has 0 bridgehead atoms. The molecule has 1 N–H and O–H groups in total. The number of rotatable bonds is 5. The summed E-state index contributed by atoms with van der Waals surface area (Å²) in [7, 11) is -1.00. The molecule has 13 nitrogen and oxygen atoms in total. The molecule has 0 atom stereocenters. The molecule has 0 aliphatic heterocycles. The summed E-state index contributed by atoms with van der Waals surface area (Å²) in [5.74, 6) is 0.603. The number of benzene rings is 1. The number of non-ortho nitro benzene ring substituents is 1. The van der Waals surface area contributed by atoms with Gasteiger partial charge in [-0.25, -0.2) is 10.1 Å². The fourth-order valence-corrected chi connectivity index (χ4v) is 2.06. The first-order chi connectivity index (χ1) is 19.2. The second-order valence-electron chi connectivity index (χ2n) is 6.12. The van der Waals surface area contributed by atoms with E-state index in [1.165, 1.54) is 24.3 Å². The number of carbonyl (C=O) groups is 1. The van der Waals surface area contributed by atoms with Crippen LogP contribution in [0.15, 0.2) is 108 Å². The number of halogens is 2. The molecule has 1 aromatic carbocycles. The number of nitrogens with zero attached hydrogens (tertiary/aromatic N) is 3. The third-order valence-corrected chi connectivity index (χ3v) is 3.63. The van der Waals surface area contributed by atoms with E-state index in [2.05, 4.69) is 20.9 Å². The largest absolute Gasteiger partial charge is 1.00 e. The molecule has 41 heavy (non-hydrogen) atoms. The number of carbonyl (C=O) groups excluding carboxylic acids is 1. The fourth-order valence-electron chi connectivity index (χ4n) is 2.06. The number of H-pyrrole nitrogens is 1. The Balaban J connectivity index is -0.000000245. The summed E-state index contributed by atoms with van der Waals surface area (Å²) in [5.41, 5.74) is -0.0674. The molecule has 1 aliphatic carbocycles. The van der Waals surface area contributed by atoms with Crippen LogP contribution >= 0.6 is 0 Å². The number of ether oxygens (including phenoxy) is 1. The number of hydrogen-bond acceptors (Lipinski definition) is 10. The van der Waals surface area contributed by atoms with Gasteiger partial charge in [-0.05, 0) is 24.3 Å². The first-order valence-corrected chi connectivity index (χ1v) is 10.0. The normalized spacial score (nSPS) is 9.98. The van der Waals surface area contributed by atoms with Gasteiger partial charge in [-0.3, -0.25) is 29.1 Å². The van der Waals surface area contributed by atoms with E-state index in [9.17, 15) is 33.8 Å². The summed E-state index contributed by atoms with van der Waals surface area (Å²) >= 11 is 0. The van der Waals surface area contributed by atoms with Crippen LogP contribution in [0.1, 0.15) is 2.80 Å². The zero-order valence-electron chi connectivity index (χ0n) is 23.7. The van der Waals surface area contributed by atoms with E-state index >= 15 is 0 Å². The molecule has 0 saturated carbocycles. The van der Waals surface area contributed by atoms with Crippen molar-refractivity contribution < 1.29 is 144 Å². The fraction of sp³-hybridized carbons (Fsp3) is 0.0417. The number of aromatic nitrogens is 2. The van der Waals surface area contributed by atoms with Crippen molar-refractivity contribution in [3.8, 4) is 11.5 Å². The van der Waals surface area contributed by atoms with Gasteiger partial charge in [0.1, 0.15) is 22.5 Å². The Kier molecular flexibility index (Phi) is 27.6. The molecule has 0 amide bonds. The number of hydrogen-bond donors (Lipinski definition) is 1. The maximum atomic E-state index is 12.1. The molecule has 4 rings (SSSR count). The summed E-state index contributed by atoms with van der Waals surface area (Å²) in [5, 5.41) is 28.8. The second kappa shape index (κ2) is 27.8. The van der Waals surface area contributed by atoms with Gasteiger partial charge in [-0.1, -0.05) is 0 Å². The second-order valence-corrected chi connectivity index (χ2v) is 6.12. The summed E-state index contributed by atoms with van der Waals surface area (Å²) < 4.78 is 33.0. The van der Waals surface area contributed by atoms with Crippen LogP contribution in [0.3, 0.4) is 0 Å². The Morgan fingerprint density at radius 3 is 1.88 bits per heavy atom. The number of alkyl halides is 1. The van der Waals surface area contributed by atoms with Crippen molar-refractivity contribution in [1.29, 1.82) is 0 Å². The van der Waals surface area contributed by atoms with Gasteiger partial charge < -0.3 is 21.3 Å². The van der Waals surface area contributed by atoms with Crippen molar-refractivity contribution in [3.05, 3.63) is 140 Å². The van der Waals surface area contributed by atoms with Gasteiger partial charge >= 0.3 is 108 Å². The number of allylic oxidation sites excluding steroid dienone is 5. The molecule has 3 aromatic rings. The Labute approximate surface area is 319 Å². The molecular weight excluding hydrogens is 604 g/mol. The maximum Gasteiger partial charge on any atom is 1.00 e. The molecule has 0 unspecified atom stereocenters.